The molecule has 0 aromatic carbocycles. The van der Waals surface area contributed by atoms with Crippen LogP contribution in [0.1, 0.15) is 51.1 Å². The molecule has 1 aliphatic carbocycles. The first-order valence-electron chi connectivity index (χ1n) is 7.23. The Morgan fingerprint density at radius 1 is 1.33 bits per heavy atom. The summed E-state index contributed by atoms with van der Waals surface area (Å²) >= 11 is 1.81. The quantitative estimate of drug-likeness (QED) is 0.845. The molecular formula is C15H26N2S. The molecule has 0 bridgehead atoms. The summed E-state index contributed by atoms with van der Waals surface area (Å²) in [5, 5.41) is 8.11. The topological polar surface area (TPSA) is 15.3 Å². The third-order valence-corrected chi connectivity index (χ3v) is 5.27. The Morgan fingerprint density at radius 2 is 2.00 bits per heavy atom. The van der Waals surface area contributed by atoms with Crippen molar-refractivity contribution in [3.05, 3.63) is 22.4 Å². The van der Waals surface area contributed by atoms with Crippen molar-refractivity contribution >= 4 is 11.3 Å². The molecule has 1 aliphatic rings. The summed E-state index contributed by atoms with van der Waals surface area (Å²) < 4.78 is 0. The fraction of sp³-hybridized carbons (Fsp3) is 0.733. The average molecular weight is 266 g/mol. The monoisotopic (exact) mass is 266 g/mol. The smallest absolute Gasteiger partial charge is 0.0513 e. The summed E-state index contributed by atoms with van der Waals surface area (Å²) in [5.74, 6) is 0. The lowest BCUT2D eigenvalue weighted by Crippen LogP contribution is -2.54. The van der Waals surface area contributed by atoms with Crippen molar-refractivity contribution in [2.24, 2.45) is 0 Å². The van der Waals surface area contributed by atoms with Crippen LogP contribution in [0.4, 0.5) is 0 Å². The minimum atomic E-state index is 0.333. The van der Waals surface area contributed by atoms with Crippen LogP contribution in [0.25, 0.3) is 0 Å². The first-order chi connectivity index (χ1) is 8.78. The van der Waals surface area contributed by atoms with Crippen LogP contribution < -0.4 is 5.32 Å². The Balaban J connectivity index is 2.33. The van der Waals surface area contributed by atoms with Gasteiger partial charge in [-0.25, -0.2) is 0 Å². The lowest BCUT2D eigenvalue weighted by Gasteiger charge is -2.46. The van der Waals surface area contributed by atoms with Gasteiger partial charge in [0.1, 0.15) is 0 Å². The van der Waals surface area contributed by atoms with Crippen molar-refractivity contribution in [3.63, 3.8) is 0 Å². The highest BCUT2D eigenvalue weighted by atomic mass is 32.1. The maximum Gasteiger partial charge on any atom is 0.0513 e. The highest BCUT2D eigenvalue weighted by Crippen LogP contribution is 2.44. The van der Waals surface area contributed by atoms with Gasteiger partial charge in [-0.1, -0.05) is 26.7 Å². The number of likely N-dealkylation sites (N-methyl/N-ethyl adjacent to an activating group) is 2. The van der Waals surface area contributed by atoms with Gasteiger partial charge < -0.3 is 5.32 Å². The van der Waals surface area contributed by atoms with E-state index in [1.54, 1.807) is 0 Å². The van der Waals surface area contributed by atoms with Gasteiger partial charge in [-0.2, -0.15) is 11.3 Å². The minimum Gasteiger partial charge on any atom is -0.311 e. The highest BCUT2D eigenvalue weighted by Gasteiger charge is 2.44. The second-order valence-corrected chi connectivity index (χ2v) is 6.04. The molecule has 18 heavy (non-hydrogen) atoms. The van der Waals surface area contributed by atoms with E-state index in [1.165, 1.54) is 31.2 Å². The van der Waals surface area contributed by atoms with Gasteiger partial charge in [-0.3, -0.25) is 4.90 Å². The van der Waals surface area contributed by atoms with Crippen molar-refractivity contribution in [3.8, 4) is 0 Å². The molecule has 1 aromatic heterocycles. The molecule has 0 saturated heterocycles. The van der Waals surface area contributed by atoms with E-state index in [0.29, 0.717) is 11.6 Å². The van der Waals surface area contributed by atoms with E-state index in [2.05, 4.69) is 47.9 Å². The average Bonchev–Trinajstić information content (AvgIpc) is 3.04. The van der Waals surface area contributed by atoms with Crippen molar-refractivity contribution in [2.45, 2.75) is 51.1 Å². The fourth-order valence-corrected chi connectivity index (χ4v) is 4.50. The van der Waals surface area contributed by atoms with Crippen molar-refractivity contribution in [1.29, 1.82) is 0 Å². The molecule has 0 radical (unpaired) electrons. The molecule has 102 valence electrons. The standard InChI is InChI=1S/C15H26N2S/c1-4-17(5-2)15(9-6-7-10-15)14(16-3)13-8-11-18-12-13/h8,11-12,14,16H,4-7,9-10H2,1-3H3. The van der Waals surface area contributed by atoms with Gasteiger partial charge in [0.25, 0.3) is 0 Å². The summed E-state index contributed by atoms with van der Waals surface area (Å²) in [7, 11) is 2.12. The Morgan fingerprint density at radius 3 is 2.44 bits per heavy atom. The molecule has 2 nitrogen and oxygen atoms in total. The molecule has 1 unspecified atom stereocenters. The van der Waals surface area contributed by atoms with E-state index in [0.717, 1.165) is 13.1 Å². The van der Waals surface area contributed by atoms with Gasteiger partial charge in [0.05, 0.1) is 6.04 Å². The van der Waals surface area contributed by atoms with E-state index in [9.17, 15) is 0 Å². The maximum absolute atomic E-state index is 3.60. The van der Waals surface area contributed by atoms with Gasteiger partial charge in [0, 0.05) is 5.54 Å². The van der Waals surface area contributed by atoms with Crippen LogP contribution in [-0.4, -0.2) is 30.6 Å². The van der Waals surface area contributed by atoms with Gasteiger partial charge >= 0.3 is 0 Å². The lowest BCUT2D eigenvalue weighted by atomic mass is 9.82. The first-order valence-corrected chi connectivity index (χ1v) is 8.17. The van der Waals surface area contributed by atoms with Gasteiger partial charge in [-0.05, 0) is 55.4 Å². The third-order valence-electron chi connectivity index (χ3n) is 4.57. The fourth-order valence-electron chi connectivity index (χ4n) is 3.81. The maximum atomic E-state index is 3.60. The van der Waals surface area contributed by atoms with Crippen LogP contribution in [0, 0.1) is 0 Å². The number of nitrogens with one attached hydrogen (secondary N) is 1. The zero-order valence-electron chi connectivity index (χ0n) is 11.9. The zero-order chi connectivity index (χ0) is 13.0. The van der Waals surface area contributed by atoms with E-state index < -0.39 is 0 Å². The van der Waals surface area contributed by atoms with Crippen LogP contribution in [0.5, 0.6) is 0 Å². The van der Waals surface area contributed by atoms with Crippen molar-refractivity contribution in [1.82, 2.24) is 10.2 Å². The van der Waals surface area contributed by atoms with Crippen molar-refractivity contribution < 1.29 is 0 Å². The predicted octanol–water partition coefficient (Wildman–Crippen LogP) is 3.66. The summed E-state index contributed by atoms with van der Waals surface area (Å²) in [6, 6.07) is 2.77. The Kier molecular flexibility index (Phi) is 4.82. The Labute approximate surface area is 115 Å². The molecule has 3 heteroatoms. The summed E-state index contributed by atoms with van der Waals surface area (Å²) in [6.07, 6.45) is 5.41. The van der Waals surface area contributed by atoms with E-state index in [4.69, 9.17) is 0 Å². The van der Waals surface area contributed by atoms with Gasteiger partial charge in [0.2, 0.25) is 0 Å². The third kappa shape index (κ3) is 2.36. The highest BCUT2D eigenvalue weighted by molar-refractivity contribution is 7.07. The number of hydrogen-bond acceptors (Lipinski definition) is 3. The Bertz CT molecular complexity index is 337. The molecule has 1 aromatic rings. The van der Waals surface area contributed by atoms with E-state index in [1.807, 2.05) is 11.3 Å². The largest absolute Gasteiger partial charge is 0.311 e. The van der Waals surface area contributed by atoms with Crippen LogP contribution in [0.2, 0.25) is 0 Å². The number of nitrogens with zero attached hydrogens (tertiary/aromatic N) is 1. The Hall–Kier alpha value is -0.380. The van der Waals surface area contributed by atoms with Crippen LogP contribution >= 0.6 is 11.3 Å². The van der Waals surface area contributed by atoms with Crippen LogP contribution in [0.3, 0.4) is 0 Å². The molecule has 0 aliphatic heterocycles. The van der Waals surface area contributed by atoms with Gasteiger partial charge in [0.15, 0.2) is 0 Å². The number of hydrogen-bond donors (Lipinski definition) is 1. The molecule has 1 heterocycles. The predicted molar refractivity (Wildman–Crippen MR) is 80.2 cm³/mol. The zero-order valence-corrected chi connectivity index (χ0v) is 12.7. The molecule has 0 amide bonds. The minimum absolute atomic E-state index is 0.333. The molecular weight excluding hydrogens is 240 g/mol. The second kappa shape index (κ2) is 6.18. The van der Waals surface area contributed by atoms with Gasteiger partial charge in [-0.15, -0.1) is 0 Å². The second-order valence-electron chi connectivity index (χ2n) is 5.26. The molecule has 1 atom stereocenters. The van der Waals surface area contributed by atoms with Crippen LogP contribution in [0.15, 0.2) is 16.8 Å². The summed E-state index contributed by atoms with van der Waals surface area (Å²) in [4.78, 5) is 2.68. The number of rotatable bonds is 6. The van der Waals surface area contributed by atoms with Crippen LogP contribution in [-0.2, 0) is 0 Å². The summed E-state index contributed by atoms with van der Waals surface area (Å²) in [5.41, 5.74) is 1.80. The van der Waals surface area contributed by atoms with Crippen molar-refractivity contribution in [2.75, 3.05) is 20.1 Å². The van der Waals surface area contributed by atoms with E-state index >= 15 is 0 Å². The first kappa shape index (κ1) is 14.0. The SMILES string of the molecule is CCN(CC)C1(C(NC)c2ccsc2)CCCC1. The molecule has 1 saturated carbocycles. The summed E-state index contributed by atoms with van der Waals surface area (Å²) in [6.45, 7) is 6.89. The molecule has 1 N–H and O–H groups in total. The normalized spacial score (nSPS) is 20.4. The molecule has 2 rings (SSSR count). The lowest BCUT2D eigenvalue weighted by molar-refractivity contribution is 0.0657. The molecule has 1 fully saturated rings. The van der Waals surface area contributed by atoms with E-state index in [-0.39, 0.29) is 0 Å². The molecule has 0 spiro atoms. The number of thiophene rings is 1.